The van der Waals surface area contributed by atoms with Crippen molar-refractivity contribution in [1.82, 2.24) is 0 Å². The average molecular weight is 400 g/mol. The number of carbonyl (C=O) groups is 2. The van der Waals surface area contributed by atoms with Crippen LogP contribution in [0.3, 0.4) is 0 Å². The van der Waals surface area contributed by atoms with Crippen LogP contribution < -0.4 is 10.6 Å². The Balaban J connectivity index is 2.04. The molecule has 0 saturated heterocycles. The molecule has 0 unspecified atom stereocenters. The number of carbonyl (C=O) groups excluding carboxylic acids is 2. The fraction of sp³-hybridized carbons (Fsp3) is 0.0556. The molecule has 0 saturated carbocycles. The number of rotatable bonds is 5. The fourth-order valence-electron chi connectivity index (χ4n) is 1.86. The zero-order valence-electron chi connectivity index (χ0n) is 13.2. The molecule has 2 N–H and O–H groups in total. The molecular formula is C18H14BrN3O3. The van der Waals surface area contributed by atoms with Crippen LogP contribution >= 0.6 is 15.9 Å². The Morgan fingerprint density at radius 1 is 1.08 bits per heavy atom. The molecule has 126 valence electrons. The summed E-state index contributed by atoms with van der Waals surface area (Å²) in [5, 5.41) is 14.6. The van der Waals surface area contributed by atoms with Gasteiger partial charge in [-0.05, 0) is 48.5 Å². The molecule has 0 aliphatic carbocycles. The molecule has 0 atom stereocenters. The van der Waals surface area contributed by atoms with Gasteiger partial charge in [-0.1, -0.05) is 15.9 Å². The van der Waals surface area contributed by atoms with E-state index < -0.39 is 11.9 Å². The molecule has 0 fully saturated rings. The number of halogens is 1. The SMILES string of the molecule is COC(=O)c1ccc(N/C=C(/C#N)C(=O)Nc2ccc(Br)cc2)cc1. The number of ether oxygens (including phenoxy) is 1. The zero-order chi connectivity index (χ0) is 18.2. The average Bonchev–Trinajstić information content (AvgIpc) is 2.64. The van der Waals surface area contributed by atoms with Gasteiger partial charge in [-0.3, -0.25) is 4.79 Å². The highest BCUT2D eigenvalue weighted by molar-refractivity contribution is 9.10. The molecule has 0 aromatic heterocycles. The Morgan fingerprint density at radius 3 is 2.24 bits per heavy atom. The van der Waals surface area contributed by atoms with Crippen molar-refractivity contribution in [2.45, 2.75) is 0 Å². The third kappa shape index (κ3) is 5.19. The molecule has 0 radical (unpaired) electrons. The molecule has 1 amide bonds. The van der Waals surface area contributed by atoms with Gasteiger partial charge in [0.1, 0.15) is 11.6 Å². The van der Waals surface area contributed by atoms with Gasteiger partial charge in [0.15, 0.2) is 0 Å². The van der Waals surface area contributed by atoms with Crippen molar-refractivity contribution < 1.29 is 14.3 Å². The number of methoxy groups -OCH3 is 1. The molecule has 2 aromatic rings. The Kier molecular flexibility index (Phi) is 6.32. The summed E-state index contributed by atoms with van der Waals surface area (Å²) in [6.45, 7) is 0. The third-order valence-corrected chi connectivity index (χ3v) is 3.69. The van der Waals surface area contributed by atoms with Crippen molar-refractivity contribution in [3.63, 3.8) is 0 Å². The van der Waals surface area contributed by atoms with Crippen molar-refractivity contribution in [3.05, 3.63) is 70.3 Å². The maximum absolute atomic E-state index is 12.1. The maximum atomic E-state index is 12.1. The van der Waals surface area contributed by atoms with Gasteiger partial charge in [0.05, 0.1) is 12.7 Å². The zero-order valence-corrected chi connectivity index (χ0v) is 14.8. The predicted molar refractivity (Wildman–Crippen MR) is 97.9 cm³/mol. The van der Waals surface area contributed by atoms with Crippen LogP contribution in [0.4, 0.5) is 11.4 Å². The number of anilines is 2. The van der Waals surface area contributed by atoms with E-state index >= 15 is 0 Å². The second-order valence-corrected chi connectivity index (χ2v) is 5.76. The standard InChI is InChI=1S/C18H14BrN3O3/c1-25-18(24)12-2-6-15(7-3-12)21-11-13(10-20)17(23)22-16-8-4-14(19)5-9-16/h2-9,11,21H,1H3,(H,22,23)/b13-11-. The second-order valence-electron chi connectivity index (χ2n) is 4.84. The van der Waals surface area contributed by atoms with Crippen molar-refractivity contribution in [1.29, 1.82) is 5.26 Å². The van der Waals surface area contributed by atoms with Crippen molar-refractivity contribution >= 4 is 39.2 Å². The topological polar surface area (TPSA) is 91.2 Å². The van der Waals surface area contributed by atoms with Gasteiger partial charge in [-0.25, -0.2) is 4.79 Å². The van der Waals surface area contributed by atoms with E-state index in [4.69, 9.17) is 5.26 Å². The first-order valence-electron chi connectivity index (χ1n) is 7.15. The Morgan fingerprint density at radius 2 is 1.68 bits per heavy atom. The summed E-state index contributed by atoms with van der Waals surface area (Å²) in [7, 11) is 1.31. The first-order chi connectivity index (χ1) is 12.0. The molecule has 2 aromatic carbocycles. The minimum atomic E-state index is -0.525. The monoisotopic (exact) mass is 399 g/mol. The van der Waals surface area contributed by atoms with E-state index in [2.05, 4.69) is 31.3 Å². The molecule has 0 spiro atoms. The molecule has 6 nitrogen and oxygen atoms in total. The van der Waals surface area contributed by atoms with E-state index in [1.165, 1.54) is 13.3 Å². The van der Waals surface area contributed by atoms with Gasteiger partial charge in [0, 0.05) is 22.0 Å². The van der Waals surface area contributed by atoms with E-state index in [1.807, 2.05) is 6.07 Å². The number of nitriles is 1. The van der Waals surface area contributed by atoms with E-state index in [-0.39, 0.29) is 5.57 Å². The predicted octanol–water partition coefficient (Wildman–Crippen LogP) is 3.69. The summed E-state index contributed by atoms with van der Waals surface area (Å²) in [6.07, 6.45) is 1.31. The van der Waals surface area contributed by atoms with Crippen molar-refractivity contribution in [3.8, 4) is 6.07 Å². The quantitative estimate of drug-likeness (QED) is 0.454. The Hall–Kier alpha value is -3.11. The lowest BCUT2D eigenvalue weighted by Crippen LogP contribution is -2.14. The number of hydrogen-bond acceptors (Lipinski definition) is 5. The number of nitrogens with zero attached hydrogens (tertiary/aromatic N) is 1. The van der Waals surface area contributed by atoms with Gasteiger partial charge in [-0.2, -0.15) is 5.26 Å². The molecule has 2 rings (SSSR count). The highest BCUT2D eigenvalue weighted by Gasteiger charge is 2.09. The summed E-state index contributed by atoms with van der Waals surface area (Å²) in [6, 6.07) is 15.3. The maximum Gasteiger partial charge on any atom is 0.337 e. The van der Waals surface area contributed by atoms with Gasteiger partial charge in [-0.15, -0.1) is 0 Å². The van der Waals surface area contributed by atoms with E-state index in [0.717, 1.165) is 4.47 Å². The van der Waals surface area contributed by atoms with Crippen LogP contribution in [-0.4, -0.2) is 19.0 Å². The molecule has 0 heterocycles. The summed E-state index contributed by atoms with van der Waals surface area (Å²) in [5.74, 6) is -0.961. The van der Waals surface area contributed by atoms with E-state index in [9.17, 15) is 9.59 Å². The van der Waals surface area contributed by atoms with Crippen LogP contribution in [0.15, 0.2) is 64.8 Å². The summed E-state index contributed by atoms with van der Waals surface area (Å²) < 4.78 is 5.50. The highest BCUT2D eigenvalue weighted by Crippen LogP contribution is 2.15. The van der Waals surface area contributed by atoms with Crippen LogP contribution in [0.5, 0.6) is 0 Å². The highest BCUT2D eigenvalue weighted by atomic mass is 79.9. The fourth-order valence-corrected chi connectivity index (χ4v) is 2.12. The largest absolute Gasteiger partial charge is 0.465 e. The normalized spacial score (nSPS) is 10.5. The Labute approximate surface area is 153 Å². The van der Waals surface area contributed by atoms with Crippen molar-refractivity contribution in [2.24, 2.45) is 0 Å². The van der Waals surface area contributed by atoms with Gasteiger partial charge < -0.3 is 15.4 Å². The third-order valence-electron chi connectivity index (χ3n) is 3.16. The first kappa shape index (κ1) is 18.2. The van der Waals surface area contributed by atoms with Crippen LogP contribution in [0.1, 0.15) is 10.4 Å². The molecule has 25 heavy (non-hydrogen) atoms. The summed E-state index contributed by atoms with van der Waals surface area (Å²) >= 11 is 3.31. The van der Waals surface area contributed by atoms with Gasteiger partial charge >= 0.3 is 5.97 Å². The minimum Gasteiger partial charge on any atom is -0.465 e. The molecule has 0 aliphatic rings. The first-order valence-corrected chi connectivity index (χ1v) is 7.95. The summed E-state index contributed by atoms with van der Waals surface area (Å²) in [5.41, 5.74) is 1.53. The number of nitrogens with one attached hydrogen (secondary N) is 2. The van der Waals surface area contributed by atoms with Gasteiger partial charge in [0.25, 0.3) is 5.91 Å². The van der Waals surface area contributed by atoms with Crippen LogP contribution in [-0.2, 0) is 9.53 Å². The molecule has 0 bridgehead atoms. The van der Waals surface area contributed by atoms with E-state index in [1.54, 1.807) is 48.5 Å². The van der Waals surface area contributed by atoms with Crippen LogP contribution in [0.25, 0.3) is 0 Å². The van der Waals surface area contributed by atoms with Gasteiger partial charge in [0.2, 0.25) is 0 Å². The lowest BCUT2D eigenvalue weighted by Gasteiger charge is -2.06. The Bertz CT molecular complexity index is 837. The smallest absolute Gasteiger partial charge is 0.337 e. The molecule has 0 aliphatic heterocycles. The molecular weight excluding hydrogens is 386 g/mol. The lowest BCUT2D eigenvalue weighted by atomic mass is 10.2. The minimum absolute atomic E-state index is 0.0834. The molecule has 7 heteroatoms. The van der Waals surface area contributed by atoms with Crippen molar-refractivity contribution in [2.75, 3.05) is 17.7 Å². The summed E-state index contributed by atoms with van der Waals surface area (Å²) in [4.78, 5) is 23.5. The number of hydrogen-bond donors (Lipinski definition) is 2. The number of esters is 1. The number of amides is 1. The second kappa shape index (κ2) is 8.66. The van der Waals surface area contributed by atoms with Crippen LogP contribution in [0.2, 0.25) is 0 Å². The van der Waals surface area contributed by atoms with Crippen LogP contribution in [0, 0.1) is 11.3 Å². The lowest BCUT2D eigenvalue weighted by molar-refractivity contribution is -0.112. The van der Waals surface area contributed by atoms with E-state index in [0.29, 0.717) is 16.9 Å². The number of benzene rings is 2.